The zero-order valence-electron chi connectivity index (χ0n) is 12.4. The van der Waals surface area contributed by atoms with Crippen LogP contribution in [0.2, 0.25) is 0 Å². The molecule has 116 valence electrons. The van der Waals surface area contributed by atoms with E-state index in [9.17, 15) is 9.59 Å². The van der Waals surface area contributed by atoms with Crippen molar-refractivity contribution in [3.63, 3.8) is 0 Å². The maximum absolute atomic E-state index is 11.8. The van der Waals surface area contributed by atoms with E-state index in [1.807, 2.05) is 0 Å². The van der Waals surface area contributed by atoms with Crippen LogP contribution in [0.4, 0.5) is 0 Å². The SMILES string of the molecule is C=[O+]C(=O)c1cn(COC(=O)C(C)(C)C)c2ncc(Br)nc12. The Morgan fingerprint density at radius 1 is 1.45 bits per heavy atom. The molecule has 0 spiro atoms. The smallest absolute Gasteiger partial charge is 0.443 e. The molecule has 0 N–H and O–H groups in total. The Morgan fingerprint density at radius 2 is 2.14 bits per heavy atom. The zero-order chi connectivity index (χ0) is 16.5. The number of hydrogen-bond acceptors (Lipinski definition) is 5. The summed E-state index contributed by atoms with van der Waals surface area (Å²) in [6.07, 6.45) is 2.96. The van der Waals surface area contributed by atoms with Gasteiger partial charge < -0.3 is 4.74 Å². The van der Waals surface area contributed by atoms with Gasteiger partial charge in [-0.05, 0) is 36.7 Å². The summed E-state index contributed by atoms with van der Waals surface area (Å²) < 4.78 is 11.7. The van der Waals surface area contributed by atoms with E-state index in [1.165, 1.54) is 17.0 Å². The molecule has 0 fully saturated rings. The summed E-state index contributed by atoms with van der Waals surface area (Å²) in [5.74, 6) is -1.00. The summed E-state index contributed by atoms with van der Waals surface area (Å²) in [6, 6.07) is 0. The molecule has 0 unspecified atom stereocenters. The van der Waals surface area contributed by atoms with Crippen molar-refractivity contribution in [1.82, 2.24) is 14.5 Å². The van der Waals surface area contributed by atoms with Crippen LogP contribution in [0.15, 0.2) is 17.0 Å². The molecule has 0 radical (unpaired) electrons. The number of halogens is 1. The van der Waals surface area contributed by atoms with Crippen LogP contribution in [0.25, 0.3) is 11.2 Å². The molecule has 22 heavy (non-hydrogen) atoms. The Kier molecular flexibility index (Phi) is 4.41. The maximum atomic E-state index is 11.8. The predicted octanol–water partition coefficient (Wildman–Crippen LogP) is 2.25. The lowest BCUT2D eigenvalue weighted by molar-refractivity contribution is -0.334. The molecule has 2 aromatic rings. The van der Waals surface area contributed by atoms with E-state index in [2.05, 4.69) is 37.1 Å². The lowest BCUT2D eigenvalue weighted by Gasteiger charge is -2.16. The minimum absolute atomic E-state index is 0.0761. The molecule has 0 amide bonds. The molecule has 0 aliphatic rings. The number of ether oxygens (including phenoxy) is 1. The van der Waals surface area contributed by atoms with Gasteiger partial charge >= 0.3 is 11.9 Å². The number of fused-ring (bicyclic) bond motifs is 1. The molecule has 0 bridgehead atoms. The summed E-state index contributed by atoms with van der Waals surface area (Å²) >= 11 is 3.20. The molecule has 7 nitrogen and oxygen atoms in total. The Balaban J connectivity index is 2.40. The molecule has 0 aromatic carbocycles. The van der Waals surface area contributed by atoms with E-state index < -0.39 is 11.4 Å². The van der Waals surface area contributed by atoms with E-state index in [4.69, 9.17) is 4.74 Å². The number of rotatable bonds is 3. The lowest BCUT2D eigenvalue weighted by Crippen LogP contribution is -2.24. The van der Waals surface area contributed by atoms with Gasteiger partial charge in [-0.25, -0.2) is 9.97 Å². The minimum atomic E-state index is -0.640. The fourth-order valence-electron chi connectivity index (χ4n) is 1.70. The molecule has 2 rings (SSSR count). The Bertz CT molecular complexity index is 761. The number of hydrogen-bond donors (Lipinski definition) is 0. The topological polar surface area (TPSA) is 85.4 Å². The van der Waals surface area contributed by atoms with Crippen molar-refractivity contribution in [2.45, 2.75) is 27.5 Å². The third-order valence-electron chi connectivity index (χ3n) is 2.83. The molecule has 8 heteroatoms. The van der Waals surface area contributed by atoms with Crippen LogP contribution < -0.4 is 0 Å². The molecule has 0 aliphatic heterocycles. The first-order chi connectivity index (χ1) is 10.2. The fraction of sp³-hybridized carbons (Fsp3) is 0.357. The summed E-state index contributed by atoms with van der Waals surface area (Å²) in [5, 5.41) is 0. The zero-order valence-corrected chi connectivity index (χ0v) is 14.0. The summed E-state index contributed by atoms with van der Waals surface area (Å²) in [7, 11) is 0. The first-order valence-electron chi connectivity index (χ1n) is 6.39. The van der Waals surface area contributed by atoms with Crippen molar-refractivity contribution < 1.29 is 18.8 Å². The quantitative estimate of drug-likeness (QED) is 0.612. The normalized spacial score (nSPS) is 11.5. The predicted molar refractivity (Wildman–Crippen MR) is 82.2 cm³/mol. The van der Waals surface area contributed by atoms with Gasteiger partial charge in [-0.15, -0.1) is 0 Å². The highest BCUT2D eigenvalue weighted by Crippen LogP contribution is 2.21. The Morgan fingerprint density at radius 3 is 2.73 bits per heavy atom. The maximum Gasteiger partial charge on any atom is 0.616 e. The van der Waals surface area contributed by atoms with Gasteiger partial charge in [0.2, 0.25) is 0 Å². The number of esters is 1. The van der Waals surface area contributed by atoms with E-state index in [-0.39, 0.29) is 18.3 Å². The summed E-state index contributed by atoms with van der Waals surface area (Å²) in [5.41, 5.74) is 0.331. The number of carbonyl (C=O) groups excluding carboxylic acids is 3. The van der Waals surface area contributed by atoms with Gasteiger partial charge in [-0.3, -0.25) is 13.8 Å². The second-order valence-corrected chi connectivity index (χ2v) is 6.43. The fourth-order valence-corrected chi connectivity index (χ4v) is 1.98. The van der Waals surface area contributed by atoms with Gasteiger partial charge in [0.05, 0.1) is 16.4 Å². The first-order valence-corrected chi connectivity index (χ1v) is 7.18. The van der Waals surface area contributed by atoms with Crippen molar-refractivity contribution in [2.75, 3.05) is 0 Å². The highest BCUT2D eigenvalue weighted by Gasteiger charge is 2.27. The van der Waals surface area contributed by atoms with Crippen molar-refractivity contribution in [3.8, 4) is 0 Å². The van der Waals surface area contributed by atoms with Crippen LogP contribution in [-0.4, -0.2) is 33.3 Å². The van der Waals surface area contributed by atoms with Crippen molar-refractivity contribution in [3.05, 3.63) is 22.6 Å². The van der Waals surface area contributed by atoms with Crippen molar-refractivity contribution in [2.24, 2.45) is 5.41 Å². The molecule has 0 saturated carbocycles. The van der Waals surface area contributed by atoms with E-state index >= 15 is 0 Å². The van der Waals surface area contributed by atoms with Crippen LogP contribution in [0.1, 0.15) is 31.1 Å². The van der Waals surface area contributed by atoms with E-state index in [0.717, 1.165) is 0 Å². The Hall–Kier alpha value is -2.09. The molecular formula is C14H15BrN3O4+. The standard InChI is InChI=1S/C14H15BrN3O4/c1-14(2,3)13(20)22-7-18-6-8(12(19)21-4)10-11(18)16-5-9(15)17-10/h5-6H,4,7H2,1-3H3/q+1. The van der Waals surface area contributed by atoms with E-state index in [1.54, 1.807) is 20.8 Å². The number of aromatic nitrogens is 3. The average Bonchev–Trinajstić information content (AvgIpc) is 2.80. The molecule has 2 aromatic heterocycles. The second kappa shape index (κ2) is 5.96. The van der Waals surface area contributed by atoms with Crippen LogP contribution in [0, 0.1) is 5.41 Å². The highest BCUT2D eigenvalue weighted by molar-refractivity contribution is 9.10. The lowest BCUT2D eigenvalue weighted by atomic mass is 9.98. The van der Waals surface area contributed by atoms with Crippen LogP contribution >= 0.6 is 15.9 Å². The largest absolute Gasteiger partial charge is 0.616 e. The van der Waals surface area contributed by atoms with Crippen LogP contribution in [0.3, 0.4) is 0 Å². The highest BCUT2D eigenvalue weighted by atomic mass is 79.9. The number of carbonyl (C=O) groups is 2. The third kappa shape index (κ3) is 3.22. The van der Waals surface area contributed by atoms with E-state index in [0.29, 0.717) is 15.8 Å². The molecule has 0 atom stereocenters. The average molecular weight is 369 g/mol. The van der Waals surface area contributed by atoms with Gasteiger partial charge in [-0.1, -0.05) is 0 Å². The summed E-state index contributed by atoms with van der Waals surface area (Å²) in [4.78, 5) is 32.0. The third-order valence-corrected chi connectivity index (χ3v) is 3.22. The minimum Gasteiger partial charge on any atom is -0.443 e. The second-order valence-electron chi connectivity index (χ2n) is 5.62. The van der Waals surface area contributed by atoms with Gasteiger partial charge in [0.15, 0.2) is 24.7 Å². The molecular weight excluding hydrogens is 354 g/mol. The van der Waals surface area contributed by atoms with Gasteiger partial charge in [0.25, 0.3) is 0 Å². The first kappa shape index (κ1) is 16.3. The van der Waals surface area contributed by atoms with Crippen molar-refractivity contribution >= 4 is 45.8 Å². The van der Waals surface area contributed by atoms with Crippen molar-refractivity contribution in [1.29, 1.82) is 0 Å². The summed E-state index contributed by atoms with van der Waals surface area (Å²) in [6.45, 7) is 8.29. The monoisotopic (exact) mass is 368 g/mol. The molecule has 0 aliphatic carbocycles. The molecule has 2 heterocycles. The molecule has 0 saturated heterocycles. The Labute approximate surface area is 135 Å². The van der Waals surface area contributed by atoms with Crippen LogP contribution in [-0.2, 0) is 20.7 Å². The van der Waals surface area contributed by atoms with Gasteiger partial charge in [0, 0.05) is 6.20 Å². The van der Waals surface area contributed by atoms with Gasteiger partial charge in [-0.2, -0.15) is 0 Å². The van der Waals surface area contributed by atoms with Crippen LogP contribution in [0.5, 0.6) is 0 Å². The van der Waals surface area contributed by atoms with Gasteiger partial charge in [0.1, 0.15) is 10.1 Å². The number of nitrogens with zero attached hydrogens (tertiary/aromatic N) is 3.